The van der Waals surface area contributed by atoms with E-state index in [-0.39, 0.29) is 11.7 Å². The van der Waals surface area contributed by atoms with Crippen molar-refractivity contribution in [2.75, 3.05) is 12.4 Å². The highest BCUT2D eigenvalue weighted by atomic mass is 35.5. The quantitative estimate of drug-likeness (QED) is 0.520. The predicted molar refractivity (Wildman–Crippen MR) is 115 cm³/mol. The summed E-state index contributed by atoms with van der Waals surface area (Å²) in [6.45, 7) is 0.328. The monoisotopic (exact) mass is 409 g/mol. The number of rotatable bonds is 7. The Morgan fingerprint density at radius 2 is 1.90 bits per heavy atom. The summed E-state index contributed by atoms with van der Waals surface area (Å²) in [5.41, 5.74) is 2.12. The number of ether oxygens (including phenoxy) is 2. The van der Waals surface area contributed by atoms with Crippen LogP contribution in [0.15, 0.2) is 72.8 Å². The summed E-state index contributed by atoms with van der Waals surface area (Å²) < 4.78 is 10.8. The van der Waals surface area contributed by atoms with Gasteiger partial charge in [0.1, 0.15) is 6.61 Å². The molecule has 1 amide bonds. The second kappa shape index (κ2) is 9.66. The van der Waals surface area contributed by atoms with Gasteiger partial charge in [0.25, 0.3) is 0 Å². The number of halogens is 1. The molecule has 3 aromatic carbocycles. The number of hydrogen-bond donors (Lipinski definition) is 2. The zero-order chi connectivity index (χ0) is 20.6. The lowest BCUT2D eigenvalue weighted by molar-refractivity contribution is -0.111. The van der Waals surface area contributed by atoms with Gasteiger partial charge in [-0.1, -0.05) is 54.1 Å². The van der Waals surface area contributed by atoms with E-state index >= 15 is 0 Å². The first-order valence-electron chi connectivity index (χ1n) is 8.88. The smallest absolute Gasteiger partial charge is 0.248 e. The molecule has 0 heterocycles. The van der Waals surface area contributed by atoms with Gasteiger partial charge in [0, 0.05) is 6.08 Å². The number of nitrogens with one attached hydrogen (secondary N) is 1. The molecule has 3 aromatic rings. The maximum absolute atomic E-state index is 12.3. The lowest BCUT2D eigenvalue weighted by Gasteiger charge is -2.13. The highest BCUT2D eigenvalue weighted by molar-refractivity contribution is 6.32. The van der Waals surface area contributed by atoms with Gasteiger partial charge in [0.05, 0.1) is 17.8 Å². The molecule has 0 aliphatic carbocycles. The fraction of sp³-hybridized carbons (Fsp3) is 0.0870. The van der Waals surface area contributed by atoms with Gasteiger partial charge in [-0.25, -0.2) is 0 Å². The van der Waals surface area contributed by atoms with Gasteiger partial charge in [0.2, 0.25) is 5.91 Å². The molecular weight excluding hydrogens is 390 g/mol. The van der Waals surface area contributed by atoms with E-state index in [2.05, 4.69) is 5.32 Å². The fourth-order valence-corrected chi connectivity index (χ4v) is 2.87. The van der Waals surface area contributed by atoms with E-state index in [4.69, 9.17) is 21.1 Å². The van der Waals surface area contributed by atoms with Crippen LogP contribution in [0.2, 0.25) is 5.02 Å². The van der Waals surface area contributed by atoms with Crippen molar-refractivity contribution in [2.45, 2.75) is 6.61 Å². The largest absolute Gasteiger partial charge is 0.504 e. The minimum Gasteiger partial charge on any atom is -0.504 e. The molecule has 0 fully saturated rings. The number of benzene rings is 3. The molecule has 148 valence electrons. The van der Waals surface area contributed by atoms with Crippen LogP contribution in [0.3, 0.4) is 0 Å². The van der Waals surface area contributed by atoms with Crippen molar-refractivity contribution in [2.24, 2.45) is 0 Å². The zero-order valence-corrected chi connectivity index (χ0v) is 16.5. The van der Waals surface area contributed by atoms with Gasteiger partial charge < -0.3 is 19.9 Å². The summed E-state index contributed by atoms with van der Waals surface area (Å²) in [6, 6.07) is 19.7. The van der Waals surface area contributed by atoms with Crippen LogP contribution in [0.4, 0.5) is 5.69 Å². The van der Waals surface area contributed by atoms with Gasteiger partial charge in [0.15, 0.2) is 17.2 Å². The Kier molecular flexibility index (Phi) is 6.76. The van der Waals surface area contributed by atoms with Crippen LogP contribution >= 0.6 is 11.6 Å². The number of methoxy groups -OCH3 is 1. The van der Waals surface area contributed by atoms with Crippen LogP contribution in [0.5, 0.6) is 17.2 Å². The second-order valence-corrected chi connectivity index (χ2v) is 6.55. The minimum absolute atomic E-state index is 0.00139. The molecule has 0 unspecified atom stereocenters. The van der Waals surface area contributed by atoms with Gasteiger partial charge in [-0.2, -0.15) is 0 Å². The van der Waals surface area contributed by atoms with Crippen LogP contribution in [-0.4, -0.2) is 18.1 Å². The van der Waals surface area contributed by atoms with E-state index in [9.17, 15) is 9.90 Å². The second-order valence-electron chi connectivity index (χ2n) is 6.14. The van der Waals surface area contributed by atoms with E-state index < -0.39 is 0 Å². The van der Waals surface area contributed by atoms with Gasteiger partial charge in [-0.05, 0) is 41.5 Å². The van der Waals surface area contributed by atoms with Crippen LogP contribution in [0.1, 0.15) is 11.1 Å². The number of carbonyl (C=O) groups excluding carboxylic acids is 1. The number of phenols is 1. The molecule has 0 aromatic heterocycles. The molecule has 29 heavy (non-hydrogen) atoms. The molecule has 3 rings (SSSR count). The molecule has 0 saturated carbocycles. The van der Waals surface area contributed by atoms with E-state index in [1.54, 1.807) is 36.4 Å². The topological polar surface area (TPSA) is 67.8 Å². The summed E-state index contributed by atoms with van der Waals surface area (Å²) in [4.78, 5) is 12.3. The Hall–Kier alpha value is -3.44. The average molecular weight is 410 g/mol. The number of anilines is 1. The minimum atomic E-state index is -0.355. The predicted octanol–water partition coefficient (Wildman–Crippen LogP) is 5.29. The Balaban J connectivity index is 1.70. The molecule has 0 radical (unpaired) electrons. The van der Waals surface area contributed by atoms with Crippen molar-refractivity contribution >= 4 is 29.3 Å². The molecule has 0 bridgehead atoms. The number of aromatic hydroxyl groups is 1. The highest BCUT2D eigenvalue weighted by Crippen LogP contribution is 2.33. The third kappa shape index (κ3) is 5.53. The highest BCUT2D eigenvalue weighted by Gasteiger charge is 2.11. The molecular formula is C23H20ClNO4. The van der Waals surface area contributed by atoms with Crippen molar-refractivity contribution in [1.82, 2.24) is 0 Å². The van der Waals surface area contributed by atoms with Gasteiger partial charge in [-0.15, -0.1) is 0 Å². The zero-order valence-electron chi connectivity index (χ0n) is 15.8. The number of para-hydroxylation sites is 1. The average Bonchev–Trinajstić information content (AvgIpc) is 2.73. The number of hydrogen-bond acceptors (Lipinski definition) is 4. The normalized spacial score (nSPS) is 10.7. The van der Waals surface area contributed by atoms with Crippen molar-refractivity contribution in [3.8, 4) is 17.2 Å². The van der Waals surface area contributed by atoms with E-state index in [0.717, 1.165) is 5.56 Å². The van der Waals surface area contributed by atoms with Crippen molar-refractivity contribution < 1.29 is 19.4 Å². The molecule has 2 N–H and O–H groups in total. The molecule has 6 heteroatoms. The van der Waals surface area contributed by atoms with E-state index in [1.807, 2.05) is 30.3 Å². The van der Waals surface area contributed by atoms with E-state index in [1.165, 1.54) is 19.3 Å². The lowest BCUT2D eigenvalue weighted by atomic mass is 10.2. The Labute approximate surface area is 174 Å². The fourth-order valence-electron chi connectivity index (χ4n) is 2.64. The first-order valence-corrected chi connectivity index (χ1v) is 9.26. The first-order chi connectivity index (χ1) is 14.1. The summed E-state index contributed by atoms with van der Waals surface area (Å²) >= 11 is 6.26. The number of carbonyl (C=O) groups is 1. The molecule has 0 saturated heterocycles. The molecule has 0 aliphatic heterocycles. The summed E-state index contributed by atoms with van der Waals surface area (Å²) in [6.07, 6.45) is 2.95. The first kappa shape index (κ1) is 20.3. The summed E-state index contributed by atoms with van der Waals surface area (Å²) in [5, 5.41) is 13.0. The van der Waals surface area contributed by atoms with E-state index in [0.29, 0.717) is 34.4 Å². The maximum Gasteiger partial charge on any atom is 0.248 e. The Morgan fingerprint density at radius 3 is 2.62 bits per heavy atom. The van der Waals surface area contributed by atoms with Gasteiger partial charge >= 0.3 is 0 Å². The third-order valence-corrected chi connectivity index (χ3v) is 4.38. The summed E-state index contributed by atoms with van der Waals surface area (Å²) in [7, 11) is 1.47. The van der Waals surface area contributed by atoms with Gasteiger partial charge in [-0.3, -0.25) is 4.79 Å². The lowest BCUT2D eigenvalue weighted by Crippen LogP contribution is -2.09. The van der Waals surface area contributed by atoms with Crippen LogP contribution in [-0.2, 0) is 11.4 Å². The van der Waals surface area contributed by atoms with Crippen LogP contribution in [0.25, 0.3) is 6.08 Å². The SMILES string of the molecule is COc1ccc(/C=C/C(=O)Nc2cccc(Cl)c2OCc2ccccc2)cc1O. The van der Waals surface area contributed by atoms with Crippen molar-refractivity contribution in [3.05, 3.63) is 89.0 Å². The standard InChI is InChI=1S/C23H20ClNO4/c1-28-21-12-10-16(14-20(21)26)11-13-22(27)25-19-9-5-8-18(24)23(19)29-15-17-6-3-2-4-7-17/h2-14,26H,15H2,1H3,(H,25,27)/b13-11+. The molecule has 5 nitrogen and oxygen atoms in total. The molecule has 0 spiro atoms. The molecule has 0 aliphatic rings. The van der Waals surface area contributed by atoms with Crippen LogP contribution < -0.4 is 14.8 Å². The third-order valence-electron chi connectivity index (χ3n) is 4.08. The van der Waals surface area contributed by atoms with Crippen molar-refractivity contribution in [3.63, 3.8) is 0 Å². The van der Waals surface area contributed by atoms with Crippen LogP contribution in [0, 0.1) is 0 Å². The van der Waals surface area contributed by atoms with Crippen molar-refractivity contribution in [1.29, 1.82) is 0 Å². The number of amides is 1. The molecule has 0 atom stereocenters. The summed E-state index contributed by atoms with van der Waals surface area (Å²) in [5.74, 6) is 0.418. The number of phenolic OH excluding ortho intramolecular Hbond substituents is 1. The Morgan fingerprint density at radius 1 is 1.10 bits per heavy atom. The Bertz CT molecular complexity index is 1020. The maximum atomic E-state index is 12.3.